The number of rotatable bonds is 15. The first-order valence-electron chi connectivity index (χ1n) is 7.05. The third kappa shape index (κ3) is 15.8. The third-order valence-electron chi connectivity index (χ3n) is 2.31. The highest BCUT2D eigenvalue weighted by atomic mass is 16.5. The van der Waals surface area contributed by atoms with Crippen LogP contribution in [0.5, 0.6) is 0 Å². The molecule has 0 aliphatic rings. The summed E-state index contributed by atoms with van der Waals surface area (Å²) in [5.41, 5.74) is 5.34. The van der Waals surface area contributed by atoms with Gasteiger partial charge in [0.25, 0.3) is 0 Å². The fourth-order valence-corrected chi connectivity index (χ4v) is 1.33. The first-order valence-corrected chi connectivity index (χ1v) is 7.05. The molecular weight excluding hydrogens is 232 g/mol. The van der Waals surface area contributed by atoms with Crippen LogP contribution in [-0.2, 0) is 14.2 Å². The Balaban J connectivity index is 2.86. The molecule has 0 radical (unpaired) electrons. The van der Waals surface area contributed by atoms with E-state index in [0.29, 0.717) is 33.0 Å². The minimum absolute atomic E-state index is 0.631. The molecule has 0 aromatic carbocycles. The average molecular weight is 262 g/mol. The number of hydrogen-bond acceptors (Lipinski definition) is 5. The van der Waals surface area contributed by atoms with Crippen molar-refractivity contribution in [3.05, 3.63) is 0 Å². The van der Waals surface area contributed by atoms with Crippen molar-refractivity contribution in [1.29, 1.82) is 0 Å². The van der Waals surface area contributed by atoms with Crippen LogP contribution in [0.2, 0.25) is 0 Å². The lowest BCUT2D eigenvalue weighted by molar-refractivity contribution is 0.0141. The maximum Gasteiger partial charge on any atom is 0.0701 e. The van der Waals surface area contributed by atoms with Gasteiger partial charge in [0.05, 0.1) is 26.4 Å². The molecule has 0 aromatic heterocycles. The molecule has 0 saturated heterocycles. The number of nitrogens with two attached hydrogens (primary N) is 1. The Kier molecular flexibility index (Phi) is 16.6. The fourth-order valence-electron chi connectivity index (χ4n) is 1.33. The summed E-state index contributed by atoms with van der Waals surface area (Å²) < 4.78 is 16.1. The summed E-state index contributed by atoms with van der Waals surface area (Å²) in [6.07, 6.45) is 3.15. The number of nitrogens with one attached hydrogen (secondary N) is 1. The topological polar surface area (TPSA) is 65.7 Å². The molecular formula is C13H30N2O3. The van der Waals surface area contributed by atoms with Gasteiger partial charge in [0.2, 0.25) is 0 Å². The highest BCUT2D eigenvalue weighted by molar-refractivity contribution is 4.45. The van der Waals surface area contributed by atoms with Gasteiger partial charge >= 0.3 is 0 Å². The lowest BCUT2D eigenvalue weighted by Crippen LogP contribution is -2.18. The Bertz CT molecular complexity index is 132. The number of ether oxygens (including phenoxy) is 3. The molecule has 5 nitrogen and oxygen atoms in total. The Morgan fingerprint density at radius 2 is 1.33 bits per heavy atom. The molecule has 0 aliphatic carbocycles. The van der Waals surface area contributed by atoms with Crippen LogP contribution in [0.15, 0.2) is 0 Å². The van der Waals surface area contributed by atoms with E-state index in [4.69, 9.17) is 19.9 Å². The van der Waals surface area contributed by atoms with Gasteiger partial charge in [-0.2, -0.15) is 0 Å². The molecule has 0 atom stereocenters. The second kappa shape index (κ2) is 16.8. The van der Waals surface area contributed by atoms with Gasteiger partial charge in [-0.15, -0.1) is 0 Å². The first-order chi connectivity index (χ1) is 8.91. The van der Waals surface area contributed by atoms with Crippen molar-refractivity contribution < 1.29 is 14.2 Å². The van der Waals surface area contributed by atoms with Crippen molar-refractivity contribution in [2.24, 2.45) is 5.73 Å². The summed E-state index contributed by atoms with van der Waals surface area (Å²) >= 11 is 0. The van der Waals surface area contributed by atoms with Crippen LogP contribution in [0.4, 0.5) is 0 Å². The molecule has 3 N–H and O–H groups in total. The first kappa shape index (κ1) is 17.8. The standard InChI is InChI=1S/C13H30N2O3/c1-2-6-15-7-4-9-17-11-13-18-12-10-16-8-3-5-14/h15H,2-14H2,1H3. The van der Waals surface area contributed by atoms with Crippen LogP contribution in [0.1, 0.15) is 26.2 Å². The van der Waals surface area contributed by atoms with E-state index in [1.165, 1.54) is 6.42 Å². The van der Waals surface area contributed by atoms with Crippen molar-refractivity contribution in [2.45, 2.75) is 26.2 Å². The summed E-state index contributed by atoms with van der Waals surface area (Å²) in [7, 11) is 0. The Hall–Kier alpha value is -0.200. The molecule has 0 rings (SSSR count). The fraction of sp³-hybridized carbons (Fsp3) is 1.00. The molecule has 18 heavy (non-hydrogen) atoms. The highest BCUT2D eigenvalue weighted by Gasteiger charge is 1.92. The normalized spacial score (nSPS) is 11.0. The predicted octanol–water partition coefficient (Wildman–Crippen LogP) is 0.775. The van der Waals surface area contributed by atoms with Gasteiger partial charge < -0.3 is 25.3 Å². The summed E-state index contributed by atoms with van der Waals surface area (Å²) in [5, 5.41) is 3.33. The van der Waals surface area contributed by atoms with Gasteiger partial charge in [-0.25, -0.2) is 0 Å². The van der Waals surface area contributed by atoms with E-state index in [9.17, 15) is 0 Å². The van der Waals surface area contributed by atoms with E-state index in [-0.39, 0.29) is 0 Å². The lowest BCUT2D eigenvalue weighted by atomic mass is 10.4. The maximum absolute atomic E-state index is 5.44. The van der Waals surface area contributed by atoms with Crippen LogP contribution >= 0.6 is 0 Å². The quantitative estimate of drug-likeness (QED) is 0.427. The molecule has 0 spiro atoms. The van der Waals surface area contributed by atoms with E-state index < -0.39 is 0 Å². The van der Waals surface area contributed by atoms with Gasteiger partial charge in [-0.1, -0.05) is 6.92 Å². The van der Waals surface area contributed by atoms with E-state index in [1.807, 2.05) is 0 Å². The Morgan fingerprint density at radius 3 is 1.89 bits per heavy atom. The van der Waals surface area contributed by atoms with Crippen LogP contribution in [-0.4, -0.2) is 59.3 Å². The van der Waals surface area contributed by atoms with Gasteiger partial charge in [-0.3, -0.25) is 0 Å². The summed E-state index contributed by atoms with van der Waals surface area (Å²) in [5.74, 6) is 0. The molecule has 0 bridgehead atoms. The molecule has 0 heterocycles. The highest BCUT2D eigenvalue weighted by Crippen LogP contribution is 1.85. The van der Waals surface area contributed by atoms with Crippen LogP contribution in [0.25, 0.3) is 0 Å². The SMILES string of the molecule is CCCNCCCOCCOCCOCCCN. The van der Waals surface area contributed by atoms with Crippen LogP contribution in [0.3, 0.4) is 0 Å². The second-order valence-electron chi connectivity index (χ2n) is 4.08. The molecule has 110 valence electrons. The molecule has 0 unspecified atom stereocenters. The van der Waals surface area contributed by atoms with Crippen LogP contribution < -0.4 is 11.1 Å². The zero-order valence-corrected chi connectivity index (χ0v) is 11.8. The van der Waals surface area contributed by atoms with Gasteiger partial charge in [0, 0.05) is 13.2 Å². The van der Waals surface area contributed by atoms with E-state index >= 15 is 0 Å². The minimum Gasteiger partial charge on any atom is -0.379 e. The molecule has 0 aromatic rings. The monoisotopic (exact) mass is 262 g/mol. The molecule has 0 saturated carbocycles. The Morgan fingerprint density at radius 1 is 0.778 bits per heavy atom. The van der Waals surface area contributed by atoms with Gasteiger partial charge in [0.1, 0.15) is 0 Å². The summed E-state index contributed by atoms with van der Waals surface area (Å²) in [6, 6.07) is 0. The largest absolute Gasteiger partial charge is 0.379 e. The van der Waals surface area contributed by atoms with Crippen LogP contribution in [0, 0.1) is 0 Å². The smallest absolute Gasteiger partial charge is 0.0701 e. The molecule has 0 aliphatic heterocycles. The van der Waals surface area contributed by atoms with Crippen molar-refractivity contribution >= 4 is 0 Å². The summed E-state index contributed by atoms with van der Waals surface area (Å²) in [6.45, 7) is 9.07. The van der Waals surface area contributed by atoms with Crippen molar-refractivity contribution in [1.82, 2.24) is 5.32 Å². The predicted molar refractivity (Wildman–Crippen MR) is 73.9 cm³/mol. The minimum atomic E-state index is 0.631. The molecule has 0 amide bonds. The van der Waals surface area contributed by atoms with E-state index in [1.54, 1.807) is 0 Å². The van der Waals surface area contributed by atoms with E-state index in [2.05, 4.69) is 12.2 Å². The second-order valence-corrected chi connectivity index (χ2v) is 4.08. The third-order valence-corrected chi connectivity index (χ3v) is 2.31. The molecule has 5 heteroatoms. The van der Waals surface area contributed by atoms with Gasteiger partial charge in [-0.05, 0) is 38.9 Å². The Labute approximate surface area is 111 Å². The zero-order valence-electron chi connectivity index (χ0n) is 11.8. The average Bonchev–Trinajstić information content (AvgIpc) is 2.39. The summed E-state index contributed by atoms with van der Waals surface area (Å²) in [4.78, 5) is 0. The van der Waals surface area contributed by atoms with E-state index in [0.717, 1.165) is 39.1 Å². The van der Waals surface area contributed by atoms with Crippen molar-refractivity contribution in [3.63, 3.8) is 0 Å². The maximum atomic E-state index is 5.44. The van der Waals surface area contributed by atoms with Crippen molar-refractivity contribution in [2.75, 3.05) is 59.3 Å². The van der Waals surface area contributed by atoms with Gasteiger partial charge in [0.15, 0.2) is 0 Å². The number of hydrogen-bond donors (Lipinski definition) is 2. The van der Waals surface area contributed by atoms with Crippen molar-refractivity contribution in [3.8, 4) is 0 Å². The lowest BCUT2D eigenvalue weighted by Gasteiger charge is -2.07. The zero-order chi connectivity index (χ0) is 13.3. The molecule has 0 fully saturated rings.